The lowest BCUT2D eigenvalue weighted by molar-refractivity contribution is -0.125. The van der Waals surface area contributed by atoms with Crippen molar-refractivity contribution < 1.29 is 4.79 Å². The Hall–Kier alpha value is -3.21. The SMILES string of the molecule is CN(Cc1ccc(N(C)C)cc1)C(=O)/C=C/c1cnc2ccccc2n1. The van der Waals surface area contributed by atoms with E-state index in [1.54, 1.807) is 24.2 Å². The van der Waals surface area contributed by atoms with E-state index in [1.807, 2.05) is 67.5 Å². The van der Waals surface area contributed by atoms with Crippen molar-refractivity contribution in [1.29, 1.82) is 0 Å². The number of hydrogen-bond donors (Lipinski definition) is 0. The van der Waals surface area contributed by atoms with Gasteiger partial charge in [-0.2, -0.15) is 0 Å². The van der Waals surface area contributed by atoms with Crippen LogP contribution >= 0.6 is 0 Å². The van der Waals surface area contributed by atoms with Gasteiger partial charge in [0.25, 0.3) is 0 Å². The molecule has 3 rings (SSSR count). The molecule has 0 spiro atoms. The van der Waals surface area contributed by atoms with Gasteiger partial charge in [0.2, 0.25) is 5.91 Å². The van der Waals surface area contributed by atoms with Crippen molar-refractivity contribution in [1.82, 2.24) is 14.9 Å². The van der Waals surface area contributed by atoms with E-state index in [0.717, 1.165) is 22.3 Å². The molecule has 1 amide bonds. The van der Waals surface area contributed by atoms with E-state index in [4.69, 9.17) is 0 Å². The average Bonchev–Trinajstić information content (AvgIpc) is 2.66. The van der Waals surface area contributed by atoms with Crippen LogP contribution in [0.4, 0.5) is 5.69 Å². The Kier molecular flexibility index (Phi) is 5.27. The maximum atomic E-state index is 12.3. The second-order valence-electron chi connectivity index (χ2n) is 6.37. The summed E-state index contributed by atoms with van der Waals surface area (Å²) in [6.45, 7) is 0.556. The lowest BCUT2D eigenvalue weighted by Gasteiger charge is -2.17. The molecule has 132 valence electrons. The maximum Gasteiger partial charge on any atom is 0.246 e. The fraction of sp³-hybridized carbons (Fsp3) is 0.190. The van der Waals surface area contributed by atoms with Crippen LogP contribution in [0.3, 0.4) is 0 Å². The Morgan fingerprint density at radius 2 is 1.69 bits per heavy atom. The smallest absolute Gasteiger partial charge is 0.246 e. The summed E-state index contributed by atoms with van der Waals surface area (Å²) < 4.78 is 0. The second kappa shape index (κ2) is 7.78. The first kappa shape index (κ1) is 17.6. The minimum absolute atomic E-state index is 0.0726. The summed E-state index contributed by atoms with van der Waals surface area (Å²) >= 11 is 0. The molecule has 0 saturated heterocycles. The van der Waals surface area contributed by atoms with Crippen molar-refractivity contribution in [3.05, 3.63) is 72.1 Å². The van der Waals surface area contributed by atoms with Gasteiger partial charge in [-0.1, -0.05) is 24.3 Å². The lowest BCUT2D eigenvalue weighted by Crippen LogP contribution is -2.24. The summed E-state index contributed by atoms with van der Waals surface area (Å²) in [5.74, 6) is -0.0726. The van der Waals surface area contributed by atoms with Gasteiger partial charge < -0.3 is 9.80 Å². The molecule has 26 heavy (non-hydrogen) atoms. The number of amides is 1. The number of nitrogens with zero attached hydrogens (tertiary/aromatic N) is 4. The normalized spacial score (nSPS) is 11.0. The Morgan fingerprint density at radius 3 is 2.38 bits per heavy atom. The van der Waals surface area contributed by atoms with Crippen molar-refractivity contribution in [2.45, 2.75) is 6.54 Å². The fourth-order valence-corrected chi connectivity index (χ4v) is 2.59. The number of rotatable bonds is 5. The number of benzene rings is 2. The molecule has 0 N–H and O–H groups in total. The largest absolute Gasteiger partial charge is 0.378 e. The molecular formula is C21H22N4O. The number of para-hydroxylation sites is 2. The van der Waals surface area contributed by atoms with Crippen molar-refractivity contribution in [2.75, 3.05) is 26.0 Å². The molecule has 0 unspecified atom stereocenters. The second-order valence-corrected chi connectivity index (χ2v) is 6.37. The Balaban J connectivity index is 1.64. The quantitative estimate of drug-likeness (QED) is 0.665. The van der Waals surface area contributed by atoms with Crippen LogP contribution in [0.5, 0.6) is 0 Å². The van der Waals surface area contributed by atoms with Gasteiger partial charge in [-0.3, -0.25) is 9.78 Å². The van der Waals surface area contributed by atoms with E-state index >= 15 is 0 Å². The van der Waals surface area contributed by atoms with E-state index < -0.39 is 0 Å². The Labute approximate surface area is 153 Å². The molecule has 0 aliphatic heterocycles. The minimum Gasteiger partial charge on any atom is -0.378 e. The summed E-state index contributed by atoms with van der Waals surface area (Å²) in [6.07, 6.45) is 4.91. The fourth-order valence-electron chi connectivity index (χ4n) is 2.59. The molecule has 5 heteroatoms. The zero-order chi connectivity index (χ0) is 18.5. The van der Waals surface area contributed by atoms with Crippen molar-refractivity contribution in [3.63, 3.8) is 0 Å². The van der Waals surface area contributed by atoms with E-state index in [1.165, 1.54) is 6.08 Å². The summed E-state index contributed by atoms with van der Waals surface area (Å²) in [6, 6.07) is 15.8. The van der Waals surface area contributed by atoms with Crippen molar-refractivity contribution >= 4 is 28.7 Å². The summed E-state index contributed by atoms with van der Waals surface area (Å²) in [4.78, 5) is 24.9. The van der Waals surface area contributed by atoms with Gasteiger partial charge in [-0.25, -0.2) is 4.98 Å². The van der Waals surface area contributed by atoms with Gasteiger partial charge >= 0.3 is 0 Å². The van der Waals surface area contributed by atoms with Crippen LogP contribution in [0.2, 0.25) is 0 Å². The molecule has 0 atom stereocenters. The highest BCUT2D eigenvalue weighted by molar-refractivity contribution is 5.91. The van der Waals surface area contributed by atoms with E-state index in [-0.39, 0.29) is 5.91 Å². The number of likely N-dealkylation sites (N-methyl/N-ethyl adjacent to an activating group) is 1. The molecule has 0 bridgehead atoms. The Morgan fingerprint density at radius 1 is 1.00 bits per heavy atom. The number of aromatic nitrogens is 2. The van der Waals surface area contributed by atoms with Gasteiger partial charge in [-0.15, -0.1) is 0 Å². The van der Waals surface area contributed by atoms with Gasteiger partial charge in [0.15, 0.2) is 0 Å². The van der Waals surface area contributed by atoms with Gasteiger partial charge in [0.1, 0.15) is 0 Å². The van der Waals surface area contributed by atoms with Crippen LogP contribution < -0.4 is 4.90 Å². The number of anilines is 1. The van der Waals surface area contributed by atoms with Crippen molar-refractivity contribution in [3.8, 4) is 0 Å². The number of fused-ring (bicyclic) bond motifs is 1. The third kappa shape index (κ3) is 4.25. The predicted octanol–water partition coefficient (Wildman–Crippen LogP) is 3.37. The summed E-state index contributed by atoms with van der Waals surface area (Å²) in [5.41, 5.74) is 4.55. The number of carbonyl (C=O) groups excluding carboxylic acids is 1. The molecule has 0 saturated carbocycles. The standard InChI is InChI=1S/C21H22N4O/c1-24(2)18-11-8-16(9-12-18)15-25(3)21(26)13-10-17-14-22-19-6-4-5-7-20(19)23-17/h4-14H,15H2,1-3H3/b13-10+. The van der Waals surface area contributed by atoms with Crippen LogP contribution in [-0.4, -0.2) is 41.9 Å². The summed E-state index contributed by atoms with van der Waals surface area (Å²) in [7, 11) is 5.80. The molecule has 0 aliphatic rings. The maximum absolute atomic E-state index is 12.3. The molecule has 1 aromatic heterocycles. The zero-order valence-electron chi connectivity index (χ0n) is 15.3. The minimum atomic E-state index is -0.0726. The highest BCUT2D eigenvalue weighted by Gasteiger charge is 2.06. The van der Waals surface area contributed by atoms with Crippen LogP contribution in [0.15, 0.2) is 60.8 Å². The molecule has 5 nitrogen and oxygen atoms in total. The van der Waals surface area contributed by atoms with Crippen LogP contribution in [0.25, 0.3) is 17.1 Å². The average molecular weight is 346 g/mol. The molecule has 3 aromatic rings. The van der Waals surface area contributed by atoms with Gasteiger partial charge in [-0.05, 0) is 35.9 Å². The predicted molar refractivity (Wildman–Crippen MR) is 106 cm³/mol. The first-order valence-electron chi connectivity index (χ1n) is 8.44. The topological polar surface area (TPSA) is 49.3 Å². The van der Waals surface area contributed by atoms with Crippen LogP contribution in [0.1, 0.15) is 11.3 Å². The third-order valence-electron chi connectivity index (χ3n) is 4.11. The molecule has 2 aromatic carbocycles. The zero-order valence-corrected chi connectivity index (χ0v) is 15.3. The highest BCUT2D eigenvalue weighted by atomic mass is 16.2. The van der Waals surface area contributed by atoms with Crippen LogP contribution in [-0.2, 0) is 11.3 Å². The molecule has 1 heterocycles. The van der Waals surface area contributed by atoms with E-state index in [9.17, 15) is 4.79 Å². The molecule has 0 fully saturated rings. The summed E-state index contributed by atoms with van der Waals surface area (Å²) in [5, 5.41) is 0. The number of carbonyl (C=O) groups is 1. The number of hydrogen-bond acceptors (Lipinski definition) is 4. The first-order valence-corrected chi connectivity index (χ1v) is 8.44. The third-order valence-corrected chi connectivity index (χ3v) is 4.11. The van der Waals surface area contributed by atoms with Crippen molar-refractivity contribution in [2.24, 2.45) is 0 Å². The Bertz CT molecular complexity index is 932. The van der Waals surface area contributed by atoms with Gasteiger partial charge in [0.05, 0.1) is 22.9 Å². The van der Waals surface area contributed by atoms with E-state index in [2.05, 4.69) is 9.97 Å². The molecule has 0 radical (unpaired) electrons. The van der Waals surface area contributed by atoms with Gasteiger partial charge in [0, 0.05) is 39.5 Å². The highest BCUT2D eigenvalue weighted by Crippen LogP contribution is 2.14. The first-order chi connectivity index (χ1) is 12.5. The monoisotopic (exact) mass is 346 g/mol. The van der Waals surface area contributed by atoms with Crippen LogP contribution in [0, 0.1) is 0 Å². The van der Waals surface area contributed by atoms with E-state index in [0.29, 0.717) is 12.2 Å². The lowest BCUT2D eigenvalue weighted by atomic mass is 10.2. The molecular weight excluding hydrogens is 324 g/mol. The molecule has 0 aliphatic carbocycles.